The Kier molecular flexibility index (Phi) is 4.64. The fourth-order valence-electron chi connectivity index (χ4n) is 3.45. The molecule has 0 aliphatic rings. The van der Waals surface area contributed by atoms with Crippen LogP contribution in [0.2, 0.25) is 0 Å². The summed E-state index contributed by atoms with van der Waals surface area (Å²) in [6, 6.07) is 20.0. The predicted molar refractivity (Wildman–Crippen MR) is 114 cm³/mol. The van der Waals surface area contributed by atoms with E-state index in [1.807, 2.05) is 36.4 Å². The van der Waals surface area contributed by atoms with E-state index in [1.54, 1.807) is 31.3 Å². The summed E-state index contributed by atoms with van der Waals surface area (Å²) in [5.74, 6) is 0. The average molecular weight is 388 g/mol. The molecule has 0 amide bonds. The first-order valence-electron chi connectivity index (χ1n) is 9.18. The van der Waals surface area contributed by atoms with Gasteiger partial charge in [0.2, 0.25) is 0 Å². The Morgan fingerprint density at radius 3 is 2.10 bits per heavy atom. The van der Waals surface area contributed by atoms with Crippen LogP contribution >= 0.6 is 0 Å². The van der Waals surface area contributed by atoms with Crippen LogP contribution in [-0.2, 0) is 20.6 Å². The first-order chi connectivity index (χ1) is 14.0. The second-order valence-electron chi connectivity index (χ2n) is 6.81. The van der Waals surface area contributed by atoms with E-state index in [0.717, 1.165) is 10.1 Å². The van der Waals surface area contributed by atoms with Crippen molar-refractivity contribution in [1.82, 2.24) is 13.7 Å². The summed E-state index contributed by atoms with van der Waals surface area (Å²) in [7, 11) is 2.99. The Bertz CT molecular complexity index is 1370. The molecular formula is C22H20N4O3. The van der Waals surface area contributed by atoms with Crippen LogP contribution in [0.4, 0.5) is 5.69 Å². The van der Waals surface area contributed by atoms with Gasteiger partial charge in [-0.25, -0.2) is 4.79 Å². The number of benzene rings is 2. The average Bonchev–Trinajstić information content (AvgIpc) is 2.75. The Hall–Kier alpha value is -3.87. The van der Waals surface area contributed by atoms with Crippen LogP contribution in [0, 0.1) is 0 Å². The molecular weight excluding hydrogens is 368 g/mol. The minimum atomic E-state index is -0.494. The number of anilines is 1. The van der Waals surface area contributed by atoms with E-state index in [1.165, 1.54) is 22.2 Å². The molecule has 0 fully saturated rings. The summed E-state index contributed by atoms with van der Waals surface area (Å²) in [5.41, 5.74) is 0.970. The van der Waals surface area contributed by atoms with Gasteiger partial charge in [0.15, 0.2) is 0 Å². The number of nitrogens with one attached hydrogen (secondary N) is 1. The molecule has 7 nitrogen and oxygen atoms in total. The SMILES string of the molecule is Cn1c(=O)c2c(NCc3ccccc3)cc(=O)n(-c3ccccc3)c2n(C)c1=O. The number of hydrogen-bond donors (Lipinski definition) is 1. The van der Waals surface area contributed by atoms with Gasteiger partial charge in [-0.1, -0.05) is 48.5 Å². The molecule has 2 aromatic heterocycles. The summed E-state index contributed by atoms with van der Waals surface area (Å²) >= 11 is 0. The molecule has 146 valence electrons. The molecule has 0 spiro atoms. The van der Waals surface area contributed by atoms with Gasteiger partial charge < -0.3 is 5.32 Å². The van der Waals surface area contributed by atoms with Crippen LogP contribution in [0.5, 0.6) is 0 Å². The maximum absolute atomic E-state index is 13.0. The standard InChI is InChI=1S/C22H20N4O3/c1-24-20-19(21(28)25(2)22(24)29)17(23-14-15-9-5-3-6-10-15)13-18(27)26(20)16-11-7-4-8-12-16/h3-13,23H,14H2,1-2H3. The van der Waals surface area contributed by atoms with Crippen LogP contribution in [0.15, 0.2) is 81.1 Å². The lowest BCUT2D eigenvalue weighted by Crippen LogP contribution is -2.39. The van der Waals surface area contributed by atoms with Gasteiger partial charge in [-0.2, -0.15) is 0 Å². The summed E-state index contributed by atoms with van der Waals surface area (Å²) < 4.78 is 3.78. The number of para-hydroxylation sites is 1. The molecule has 7 heteroatoms. The van der Waals surface area contributed by atoms with Crippen molar-refractivity contribution in [2.75, 3.05) is 5.32 Å². The largest absolute Gasteiger partial charge is 0.380 e. The number of pyridine rings is 1. The monoisotopic (exact) mass is 388 g/mol. The molecule has 1 N–H and O–H groups in total. The molecule has 0 saturated carbocycles. The first kappa shape index (κ1) is 18.5. The van der Waals surface area contributed by atoms with E-state index >= 15 is 0 Å². The number of hydrogen-bond acceptors (Lipinski definition) is 4. The lowest BCUT2D eigenvalue weighted by Gasteiger charge is -2.17. The maximum atomic E-state index is 13.0. The van der Waals surface area contributed by atoms with E-state index in [2.05, 4.69) is 5.32 Å². The fourth-order valence-corrected chi connectivity index (χ4v) is 3.45. The Morgan fingerprint density at radius 1 is 0.828 bits per heavy atom. The summed E-state index contributed by atoms with van der Waals surface area (Å²) in [6.07, 6.45) is 0. The molecule has 0 bridgehead atoms. The van der Waals surface area contributed by atoms with E-state index in [4.69, 9.17) is 0 Å². The molecule has 0 saturated heterocycles. The Morgan fingerprint density at radius 2 is 1.45 bits per heavy atom. The highest BCUT2D eigenvalue weighted by Crippen LogP contribution is 2.20. The van der Waals surface area contributed by atoms with E-state index in [0.29, 0.717) is 17.9 Å². The predicted octanol–water partition coefficient (Wildman–Crippen LogP) is 2.00. The van der Waals surface area contributed by atoms with Gasteiger partial charge in [0, 0.05) is 26.7 Å². The van der Waals surface area contributed by atoms with E-state index in [9.17, 15) is 14.4 Å². The summed E-state index contributed by atoms with van der Waals surface area (Å²) in [5, 5.41) is 3.48. The highest BCUT2D eigenvalue weighted by atomic mass is 16.2. The third-order valence-corrected chi connectivity index (χ3v) is 4.94. The second kappa shape index (κ2) is 7.27. The Balaban J connectivity index is 2.03. The number of aryl methyl sites for hydroxylation is 1. The smallest absolute Gasteiger partial charge is 0.332 e. The van der Waals surface area contributed by atoms with Crippen LogP contribution < -0.4 is 22.1 Å². The zero-order valence-electron chi connectivity index (χ0n) is 16.1. The van der Waals surface area contributed by atoms with Crippen molar-refractivity contribution in [2.45, 2.75) is 6.54 Å². The van der Waals surface area contributed by atoms with Gasteiger partial charge in [0.05, 0.1) is 11.4 Å². The quantitative estimate of drug-likeness (QED) is 0.580. The van der Waals surface area contributed by atoms with Crippen molar-refractivity contribution < 1.29 is 0 Å². The van der Waals surface area contributed by atoms with Crippen molar-refractivity contribution in [3.05, 3.63) is 103 Å². The lowest BCUT2D eigenvalue weighted by atomic mass is 10.2. The maximum Gasteiger partial charge on any atom is 0.332 e. The minimum absolute atomic E-state index is 0.257. The molecule has 2 aromatic carbocycles. The number of aromatic nitrogens is 3. The zero-order valence-corrected chi connectivity index (χ0v) is 16.1. The van der Waals surface area contributed by atoms with Gasteiger partial charge in [-0.3, -0.25) is 23.3 Å². The number of fused-ring (bicyclic) bond motifs is 1. The van der Waals surface area contributed by atoms with Crippen LogP contribution in [-0.4, -0.2) is 13.7 Å². The third-order valence-electron chi connectivity index (χ3n) is 4.94. The minimum Gasteiger partial charge on any atom is -0.380 e. The van der Waals surface area contributed by atoms with Crippen molar-refractivity contribution >= 4 is 16.7 Å². The van der Waals surface area contributed by atoms with E-state index in [-0.39, 0.29) is 16.6 Å². The fraction of sp³-hybridized carbons (Fsp3) is 0.136. The topological polar surface area (TPSA) is 78.0 Å². The van der Waals surface area contributed by atoms with Gasteiger partial charge in [-0.15, -0.1) is 0 Å². The van der Waals surface area contributed by atoms with Crippen molar-refractivity contribution in [3.63, 3.8) is 0 Å². The molecule has 4 rings (SSSR count). The van der Waals surface area contributed by atoms with Crippen molar-refractivity contribution in [3.8, 4) is 5.69 Å². The van der Waals surface area contributed by atoms with Crippen molar-refractivity contribution in [2.24, 2.45) is 14.1 Å². The van der Waals surface area contributed by atoms with Crippen LogP contribution in [0.3, 0.4) is 0 Å². The normalized spacial score (nSPS) is 11.0. The molecule has 0 aliphatic heterocycles. The van der Waals surface area contributed by atoms with E-state index < -0.39 is 11.2 Å². The summed E-state index contributed by atoms with van der Waals surface area (Å²) in [6.45, 7) is 0.441. The molecule has 0 unspecified atom stereocenters. The lowest BCUT2D eigenvalue weighted by molar-refractivity contribution is 0.699. The highest BCUT2D eigenvalue weighted by Gasteiger charge is 2.18. The molecule has 0 radical (unpaired) electrons. The van der Waals surface area contributed by atoms with Gasteiger partial charge in [0.25, 0.3) is 11.1 Å². The molecule has 0 atom stereocenters. The van der Waals surface area contributed by atoms with Gasteiger partial charge in [0.1, 0.15) is 11.0 Å². The number of rotatable bonds is 4. The van der Waals surface area contributed by atoms with Gasteiger partial charge >= 0.3 is 5.69 Å². The van der Waals surface area contributed by atoms with Crippen LogP contribution in [0.1, 0.15) is 5.56 Å². The first-order valence-corrected chi connectivity index (χ1v) is 9.18. The zero-order chi connectivity index (χ0) is 20.5. The number of nitrogens with zero attached hydrogens (tertiary/aromatic N) is 3. The third kappa shape index (κ3) is 3.16. The van der Waals surface area contributed by atoms with Crippen molar-refractivity contribution in [1.29, 1.82) is 0 Å². The molecule has 29 heavy (non-hydrogen) atoms. The second-order valence-corrected chi connectivity index (χ2v) is 6.81. The highest BCUT2D eigenvalue weighted by molar-refractivity contribution is 5.89. The summed E-state index contributed by atoms with van der Waals surface area (Å²) in [4.78, 5) is 38.6. The van der Waals surface area contributed by atoms with Gasteiger partial charge in [-0.05, 0) is 17.7 Å². The Labute approximate surface area is 166 Å². The molecule has 0 aliphatic carbocycles. The van der Waals surface area contributed by atoms with Crippen LogP contribution in [0.25, 0.3) is 16.7 Å². The molecule has 2 heterocycles. The molecule has 4 aromatic rings.